The van der Waals surface area contributed by atoms with Crippen molar-refractivity contribution in [2.75, 3.05) is 11.4 Å². The molecule has 1 saturated heterocycles. The van der Waals surface area contributed by atoms with Crippen molar-refractivity contribution < 1.29 is 18.7 Å². The molecule has 0 atom stereocenters. The zero-order valence-corrected chi connectivity index (χ0v) is 12.6. The van der Waals surface area contributed by atoms with Crippen LogP contribution in [0.4, 0.5) is 5.69 Å². The minimum Gasteiger partial charge on any atom is -0.466 e. The van der Waals surface area contributed by atoms with E-state index >= 15 is 0 Å². The summed E-state index contributed by atoms with van der Waals surface area (Å²) in [5.41, 5.74) is 1.26. The highest BCUT2D eigenvalue weighted by Crippen LogP contribution is 2.25. The lowest BCUT2D eigenvalue weighted by Crippen LogP contribution is -2.23. The quantitative estimate of drug-likeness (QED) is 0.645. The fourth-order valence-electron chi connectivity index (χ4n) is 2.61. The Kier molecular flexibility index (Phi) is 3.71. The highest BCUT2D eigenvalue weighted by atomic mass is 16.5. The standard InChI is InChI=1S/C17H17NO4/c1-11-10-15(12(2)21-11)17(20)22-14-7-5-13(6-8-14)18-9-3-4-16(18)19/h5-8,10H,3-4,9H2,1-2H3. The molecule has 0 saturated carbocycles. The van der Waals surface area contributed by atoms with Crippen molar-refractivity contribution in [2.45, 2.75) is 26.7 Å². The van der Waals surface area contributed by atoms with E-state index in [0.29, 0.717) is 29.3 Å². The number of aryl methyl sites for hydroxylation is 2. The van der Waals surface area contributed by atoms with Gasteiger partial charge in [0.2, 0.25) is 5.91 Å². The lowest BCUT2D eigenvalue weighted by Gasteiger charge is -2.15. The van der Waals surface area contributed by atoms with Crippen LogP contribution < -0.4 is 9.64 Å². The first-order valence-electron chi connectivity index (χ1n) is 7.24. The van der Waals surface area contributed by atoms with Gasteiger partial charge in [0.25, 0.3) is 0 Å². The molecule has 0 unspecified atom stereocenters. The van der Waals surface area contributed by atoms with E-state index in [0.717, 1.165) is 18.7 Å². The topological polar surface area (TPSA) is 59.8 Å². The summed E-state index contributed by atoms with van der Waals surface area (Å²) in [4.78, 5) is 25.5. The van der Waals surface area contributed by atoms with Gasteiger partial charge in [-0.2, -0.15) is 0 Å². The van der Waals surface area contributed by atoms with Crippen LogP contribution in [0.3, 0.4) is 0 Å². The Morgan fingerprint density at radius 3 is 2.50 bits per heavy atom. The van der Waals surface area contributed by atoms with E-state index in [1.807, 2.05) is 0 Å². The lowest BCUT2D eigenvalue weighted by molar-refractivity contribution is -0.117. The summed E-state index contributed by atoms with van der Waals surface area (Å²) in [5.74, 6) is 1.35. The molecule has 1 aliphatic rings. The predicted molar refractivity (Wildman–Crippen MR) is 81.2 cm³/mol. The summed E-state index contributed by atoms with van der Waals surface area (Å²) >= 11 is 0. The summed E-state index contributed by atoms with van der Waals surface area (Å²) in [6.07, 6.45) is 1.48. The van der Waals surface area contributed by atoms with Crippen molar-refractivity contribution in [3.05, 3.63) is 47.4 Å². The number of hydrogen-bond donors (Lipinski definition) is 0. The minimum absolute atomic E-state index is 0.134. The van der Waals surface area contributed by atoms with Gasteiger partial charge < -0.3 is 14.1 Å². The third-order valence-corrected chi connectivity index (χ3v) is 3.69. The summed E-state index contributed by atoms with van der Waals surface area (Å²) in [6.45, 7) is 4.25. The van der Waals surface area contributed by atoms with Crippen LogP contribution >= 0.6 is 0 Å². The molecule has 22 heavy (non-hydrogen) atoms. The molecule has 0 spiro atoms. The average molecular weight is 299 g/mol. The number of ether oxygens (including phenoxy) is 1. The van der Waals surface area contributed by atoms with Crippen LogP contribution in [0.1, 0.15) is 34.7 Å². The summed E-state index contributed by atoms with van der Waals surface area (Å²) in [7, 11) is 0. The fourth-order valence-corrected chi connectivity index (χ4v) is 2.61. The maximum absolute atomic E-state index is 12.1. The maximum Gasteiger partial charge on any atom is 0.347 e. The van der Waals surface area contributed by atoms with E-state index in [1.165, 1.54) is 0 Å². The van der Waals surface area contributed by atoms with Gasteiger partial charge in [0.05, 0.1) is 0 Å². The largest absolute Gasteiger partial charge is 0.466 e. The molecule has 0 aliphatic carbocycles. The summed E-state index contributed by atoms with van der Waals surface area (Å²) in [5, 5.41) is 0. The van der Waals surface area contributed by atoms with Gasteiger partial charge in [-0.05, 0) is 50.6 Å². The molecule has 3 rings (SSSR count). The molecule has 1 aromatic carbocycles. The van der Waals surface area contributed by atoms with E-state index in [4.69, 9.17) is 9.15 Å². The van der Waals surface area contributed by atoms with E-state index in [2.05, 4.69) is 0 Å². The third kappa shape index (κ3) is 2.74. The molecule has 0 bridgehead atoms. The first-order chi connectivity index (χ1) is 10.5. The second-order valence-electron chi connectivity index (χ2n) is 5.36. The van der Waals surface area contributed by atoms with Crippen LogP contribution in [0.15, 0.2) is 34.7 Å². The second kappa shape index (κ2) is 5.67. The van der Waals surface area contributed by atoms with E-state index in [9.17, 15) is 9.59 Å². The van der Waals surface area contributed by atoms with Gasteiger partial charge in [-0.15, -0.1) is 0 Å². The molecule has 114 valence electrons. The molecule has 5 heteroatoms. The number of anilines is 1. The zero-order chi connectivity index (χ0) is 15.7. The summed E-state index contributed by atoms with van der Waals surface area (Å²) < 4.78 is 10.7. The van der Waals surface area contributed by atoms with E-state index in [1.54, 1.807) is 49.1 Å². The van der Waals surface area contributed by atoms with Crippen molar-refractivity contribution in [1.29, 1.82) is 0 Å². The van der Waals surface area contributed by atoms with Gasteiger partial charge >= 0.3 is 5.97 Å². The van der Waals surface area contributed by atoms with Crippen molar-refractivity contribution >= 4 is 17.6 Å². The molecule has 2 heterocycles. The Morgan fingerprint density at radius 2 is 1.95 bits per heavy atom. The molecular weight excluding hydrogens is 282 g/mol. The van der Waals surface area contributed by atoms with Crippen LogP contribution in [0.2, 0.25) is 0 Å². The van der Waals surface area contributed by atoms with Crippen molar-refractivity contribution in [1.82, 2.24) is 0 Å². The highest BCUT2D eigenvalue weighted by molar-refractivity contribution is 5.95. The van der Waals surface area contributed by atoms with Gasteiger partial charge in [0, 0.05) is 18.7 Å². The molecule has 5 nitrogen and oxygen atoms in total. The second-order valence-corrected chi connectivity index (χ2v) is 5.36. The van der Waals surface area contributed by atoms with Crippen molar-refractivity contribution in [3.63, 3.8) is 0 Å². The minimum atomic E-state index is -0.445. The first kappa shape index (κ1) is 14.4. The number of benzene rings is 1. The number of carbonyl (C=O) groups is 2. The van der Waals surface area contributed by atoms with Crippen LogP contribution in [0.5, 0.6) is 5.75 Å². The third-order valence-electron chi connectivity index (χ3n) is 3.69. The van der Waals surface area contributed by atoms with Gasteiger partial charge in [0.1, 0.15) is 22.8 Å². The van der Waals surface area contributed by atoms with Crippen LogP contribution in [0.25, 0.3) is 0 Å². The first-order valence-corrected chi connectivity index (χ1v) is 7.24. The lowest BCUT2D eigenvalue weighted by atomic mass is 10.2. The van der Waals surface area contributed by atoms with Gasteiger partial charge in [0.15, 0.2) is 0 Å². The highest BCUT2D eigenvalue weighted by Gasteiger charge is 2.22. The Bertz CT molecular complexity index is 715. The number of carbonyl (C=O) groups excluding carboxylic acids is 2. The molecule has 1 aliphatic heterocycles. The molecule has 0 radical (unpaired) electrons. The monoisotopic (exact) mass is 299 g/mol. The van der Waals surface area contributed by atoms with Gasteiger partial charge in [-0.1, -0.05) is 0 Å². The zero-order valence-electron chi connectivity index (χ0n) is 12.6. The van der Waals surface area contributed by atoms with E-state index in [-0.39, 0.29) is 5.91 Å². The number of rotatable bonds is 3. The van der Waals surface area contributed by atoms with Crippen LogP contribution in [-0.4, -0.2) is 18.4 Å². The van der Waals surface area contributed by atoms with Gasteiger partial charge in [-0.25, -0.2) is 4.79 Å². The molecule has 2 aromatic rings. The number of hydrogen-bond acceptors (Lipinski definition) is 4. The Hall–Kier alpha value is -2.56. The molecule has 1 amide bonds. The smallest absolute Gasteiger partial charge is 0.347 e. The maximum atomic E-state index is 12.1. The molecular formula is C17H17NO4. The molecule has 0 N–H and O–H groups in total. The van der Waals surface area contributed by atoms with Gasteiger partial charge in [-0.3, -0.25) is 4.79 Å². The van der Waals surface area contributed by atoms with Crippen LogP contribution in [0, 0.1) is 13.8 Å². The normalized spacial score (nSPS) is 14.5. The number of nitrogens with zero attached hydrogens (tertiary/aromatic N) is 1. The van der Waals surface area contributed by atoms with Crippen LogP contribution in [-0.2, 0) is 4.79 Å². The Labute approximate surface area is 128 Å². The number of furan rings is 1. The molecule has 1 fully saturated rings. The summed E-state index contributed by atoms with van der Waals surface area (Å²) in [6, 6.07) is 8.63. The van der Waals surface area contributed by atoms with Crippen molar-refractivity contribution in [3.8, 4) is 5.75 Å². The predicted octanol–water partition coefficient (Wildman–Crippen LogP) is 3.24. The fraction of sp³-hybridized carbons (Fsp3) is 0.294. The Balaban J connectivity index is 1.72. The molecule has 1 aromatic heterocycles. The number of esters is 1. The van der Waals surface area contributed by atoms with E-state index < -0.39 is 5.97 Å². The number of amides is 1. The SMILES string of the molecule is Cc1cc(C(=O)Oc2ccc(N3CCCC3=O)cc2)c(C)o1. The van der Waals surface area contributed by atoms with Crippen molar-refractivity contribution in [2.24, 2.45) is 0 Å². The average Bonchev–Trinajstić information content (AvgIpc) is 3.05. The Morgan fingerprint density at radius 1 is 1.23 bits per heavy atom.